The molecule has 0 spiro atoms. The molecule has 26 heavy (non-hydrogen) atoms. The summed E-state index contributed by atoms with van der Waals surface area (Å²) < 4.78 is 1.78. The van der Waals surface area contributed by atoms with E-state index in [-0.39, 0.29) is 0 Å². The lowest BCUT2D eigenvalue weighted by Gasteiger charge is -2.34. The lowest BCUT2D eigenvalue weighted by atomic mass is 10.2. The van der Waals surface area contributed by atoms with Crippen molar-refractivity contribution in [1.29, 1.82) is 0 Å². The van der Waals surface area contributed by atoms with Crippen LogP contribution in [0.2, 0.25) is 0 Å². The Labute approximate surface area is 155 Å². The number of rotatable bonds is 4. The zero-order valence-corrected chi connectivity index (χ0v) is 15.4. The van der Waals surface area contributed by atoms with Gasteiger partial charge in [-0.1, -0.05) is 11.3 Å². The van der Waals surface area contributed by atoms with Gasteiger partial charge >= 0.3 is 0 Å². The third-order valence-corrected chi connectivity index (χ3v) is 6.00. The second-order valence-corrected chi connectivity index (χ2v) is 7.82. The maximum absolute atomic E-state index is 4.78. The van der Waals surface area contributed by atoms with Crippen molar-refractivity contribution in [3.05, 3.63) is 29.8 Å². The van der Waals surface area contributed by atoms with Crippen LogP contribution in [-0.4, -0.2) is 56.1 Å². The Bertz CT molecular complexity index is 907. The monoisotopic (exact) mass is 368 g/mol. The summed E-state index contributed by atoms with van der Waals surface area (Å²) >= 11 is 1.76. The zero-order valence-electron chi connectivity index (χ0n) is 14.6. The minimum Gasteiger partial charge on any atom is -0.352 e. The molecule has 1 aliphatic heterocycles. The number of hydrogen-bond acceptors (Lipinski definition) is 8. The number of nitrogens with zero attached hydrogens (tertiary/aromatic N) is 8. The predicted molar refractivity (Wildman–Crippen MR) is 101 cm³/mol. The topological polar surface area (TPSA) is 75.9 Å². The van der Waals surface area contributed by atoms with Gasteiger partial charge in [0, 0.05) is 50.9 Å². The average molecular weight is 368 g/mol. The fourth-order valence-electron chi connectivity index (χ4n) is 3.18. The van der Waals surface area contributed by atoms with Crippen molar-refractivity contribution in [2.75, 3.05) is 36.0 Å². The summed E-state index contributed by atoms with van der Waals surface area (Å²) in [6.45, 7) is 3.67. The molecule has 2 aliphatic rings. The molecule has 0 bridgehead atoms. The van der Waals surface area contributed by atoms with Gasteiger partial charge in [0.2, 0.25) is 5.13 Å². The number of aromatic nitrogens is 6. The summed E-state index contributed by atoms with van der Waals surface area (Å²) in [5.41, 5.74) is 1.85. The molecule has 1 aliphatic carbocycles. The van der Waals surface area contributed by atoms with E-state index in [0.29, 0.717) is 5.92 Å². The molecule has 0 atom stereocenters. The van der Waals surface area contributed by atoms with E-state index >= 15 is 0 Å². The highest BCUT2D eigenvalue weighted by molar-refractivity contribution is 7.15. The van der Waals surface area contributed by atoms with Crippen LogP contribution in [0.15, 0.2) is 24.8 Å². The van der Waals surface area contributed by atoms with Gasteiger partial charge in [-0.25, -0.2) is 4.98 Å². The van der Waals surface area contributed by atoms with Gasteiger partial charge < -0.3 is 9.80 Å². The van der Waals surface area contributed by atoms with Crippen LogP contribution in [0.25, 0.3) is 11.3 Å². The Morgan fingerprint density at radius 3 is 2.54 bits per heavy atom. The molecule has 4 heterocycles. The average Bonchev–Trinajstić information content (AvgIpc) is 3.24. The van der Waals surface area contributed by atoms with Crippen molar-refractivity contribution in [3.63, 3.8) is 0 Å². The Kier molecular flexibility index (Phi) is 3.81. The van der Waals surface area contributed by atoms with Crippen LogP contribution in [0, 0.1) is 0 Å². The molecular formula is C17H20N8S. The zero-order chi connectivity index (χ0) is 17.5. The molecule has 0 N–H and O–H groups in total. The maximum Gasteiger partial charge on any atom is 0.208 e. The Hall–Kier alpha value is -2.55. The number of anilines is 2. The van der Waals surface area contributed by atoms with Crippen LogP contribution < -0.4 is 9.80 Å². The third-order valence-electron chi connectivity index (χ3n) is 4.85. The SMILES string of the molecule is Cn1cc(-c2cncc(N3CCN(c4nnc(C5CC5)s4)CC3)n2)cn1. The lowest BCUT2D eigenvalue weighted by Crippen LogP contribution is -2.46. The summed E-state index contributed by atoms with van der Waals surface area (Å²) in [6.07, 6.45) is 9.95. The molecule has 0 amide bonds. The number of hydrogen-bond donors (Lipinski definition) is 0. The van der Waals surface area contributed by atoms with E-state index < -0.39 is 0 Å². The van der Waals surface area contributed by atoms with Crippen molar-refractivity contribution in [2.24, 2.45) is 7.05 Å². The summed E-state index contributed by atoms with van der Waals surface area (Å²) in [5, 5.41) is 15.2. The van der Waals surface area contributed by atoms with Crippen LogP contribution in [0.5, 0.6) is 0 Å². The summed E-state index contributed by atoms with van der Waals surface area (Å²) in [4.78, 5) is 13.8. The minimum atomic E-state index is 0.674. The first-order valence-electron chi connectivity index (χ1n) is 8.90. The van der Waals surface area contributed by atoms with E-state index in [2.05, 4.69) is 30.1 Å². The normalized spacial score (nSPS) is 17.7. The van der Waals surface area contributed by atoms with Crippen molar-refractivity contribution >= 4 is 22.3 Å². The summed E-state index contributed by atoms with van der Waals surface area (Å²) in [5.74, 6) is 1.59. The van der Waals surface area contributed by atoms with Gasteiger partial charge in [-0.15, -0.1) is 10.2 Å². The highest BCUT2D eigenvalue weighted by atomic mass is 32.1. The smallest absolute Gasteiger partial charge is 0.208 e. The van der Waals surface area contributed by atoms with E-state index in [4.69, 9.17) is 4.98 Å². The summed E-state index contributed by atoms with van der Waals surface area (Å²) in [6, 6.07) is 0. The Balaban J connectivity index is 1.27. The maximum atomic E-state index is 4.78. The first kappa shape index (κ1) is 15.7. The minimum absolute atomic E-state index is 0.674. The van der Waals surface area contributed by atoms with E-state index in [1.54, 1.807) is 22.2 Å². The van der Waals surface area contributed by atoms with Gasteiger partial charge in [-0.05, 0) is 12.8 Å². The molecule has 2 fully saturated rings. The quantitative estimate of drug-likeness (QED) is 0.696. The molecule has 5 rings (SSSR count). The van der Waals surface area contributed by atoms with Gasteiger partial charge in [0.05, 0.1) is 24.3 Å². The number of aryl methyl sites for hydroxylation is 1. The van der Waals surface area contributed by atoms with Crippen molar-refractivity contribution in [3.8, 4) is 11.3 Å². The van der Waals surface area contributed by atoms with E-state index in [9.17, 15) is 0 Å². The van der Waals surface area contributed by atoms with Crippen LogP contribution in [0.3, 0.4) is 0 Å². The van der Waals surface area contributed by atoms with Crippen LogP contribution in [0.1, 0.15) is 23.8 Å². The van der Waals surface area contributed by atoms with Crippen LogP contribution in [0.4, 0.5) is 10.9 Å². The molecule has 3 aromatic heterocycles. The van der Waals surface area contributed by atoms with Crippen LogP contribution in [-0.2, 0) is 7.05 Å². The Morgan fingerprint density at radius 2 is 1.81 bits per heavy atom. The standard InChI is InChI=1S/C17H20N8S/c1-23-11-13(8-19-23)14-9-18-10-15(20-14)24-4-6-25(7-5-24)17-22-21-16(26-17)12-2-3-12/h8-12H,2-7H2,1H3. The van der Waals surface area contributed by atoms with Gasteiger partial charge in [0.25, 0.3) is 0 Å². The molecule has 0 unspecified atom stereocenters. The highest BCUT2D eigenvalue weighted by Gasteiger charge is 2.29. The molecule has 8 nitrogen and oxygen atoms in total. The molecule has 3 aromatic rings. The molecule has 1 saturated carbocycles. The van der Waals surface area contributed by atoms with Gasteiger partial charge in [0.1, 0.15) is 10.8 Å². The molecular weight excluding hydrogens is 348 g/mol. The second-order valence-electron chi connectivity index (χ2n) is 6.84. The van der Waals surface area contributed by atoms with Crippen molar-refractivity contribution < 1.29 is 0 Å². The van der Waals surface area contributed by atoms with E-state index in [0.717, 1.165) is 48.4 Å². The third kappa shape index (κ3) is 3.03. The Morgan fingerprint density at radius 1 is 1.00 bits per heavy atom. The molecule has 1 saturated heterocycles. The molecule has 0 radical (unpaired) electrons. The van der Waals surface area contributed by atoms with Gasteiger partial charge in [-0.3, -0.25) is 9.67 Å². The first-order valence-corrected chi connectivity index (χ1v) is 9.72. The predicted octanol–water partition coefficient (Wildman–Crippen LogP) is 1.93. The molecule has 0 aromatic carbocycles. The molecule has 9 heteroatoms. The van der Waals surface area contributed by atoms with Crippen molar-refractivity contribution in [1.82, 2.24) is 29.9 Å². The van der Waals surface area contributed by atoms with E-state index in [1.165, 1.54) is 17.8 Å². The van der Waals surface area contributed by atoms with Crippen LogP contribution >= 0.6 is 11.3 Å². The van der Waals surface area contributed by atoms with Crippen molar-refractivity contribution in [2.45, 2.75) is 18.8 Å². The lowest BCUT2D eigenvalue weighted by molar-refractivity contribution is 0.643. The summed E-state index contributed by atoms with van der Waals surface area (Å²) in [7, 11) is 1.90. The van der Waals surface area contributed by atoms with E-state index in [1.807, 2.05) is 25.6 Å². The first-order chi connectivity index (χ1) is 12.8. The van der Waals surface area contributed by atoms with Gasteiger partial charge in [0.15, 0.2) is 0 Å². The number of piperazine rings is 1. The fourth-order valence-corrected chi connectivity index (χ4v) is 4.24. The van der Waals surface area contributed by atoms with Gasteiger partial charge in [-0.2, -0.15) is 5.10 Å². The molecule has 134 valence electrons. The fraction of sp³-hybridized carbons (Fsp3) is 0.471. The largest absolute Gasteiger partial charge is 0.352 e. The highest BCUT2D eigenvalue weighted by Crippen LogP contribution is 2.42. The second kappa shape index (κ2) is 6.31.